The largest absolute Gasteiger partial charge is 0.322 e. The van der Waals surface area contributed by atoms with Gasteiger partial charge in [-0.15, -0.1) is 0 Å². The zero-order chi connectivity index (χ0) is 17.9. The predicted molar refractivity (Wildman–Crippen MR) is 98.4 cm³/mol. The summed E-state index contributed by atoms with van der Waals surface area (Å²) in [6, 6.07) is 12.0. The number of para-hydroxylation sites is 1. The van der Waals surface area contributed by atoms with Crippen molar-refractivity contribution in [3.05, 3.63) is 58.6 Å². The molecule has 128 valence electrons. The number of rotatable bonds is 5. The van der Waals surface area contributed by atoms with E-state index < -0.39 is 10.0 Å². The Morgan fingerprint density at radius 3 is 2.33 bits per heavy atom. The molecule has 24 heavy (non-hydrogen) atoms. The third kappa shape index (κ3) is 4.72. The first-order chi connectivity index (χ1) is 11.2. The van der Waals surface area contributed by atoms with E-state index in [4.69, 9.17) is 11.6 Å². The number of nitrogens with one attached hydrogen (secondary N) is 2. The van der Waals surface area contributed by atoms with Gasteiger partial charge in [-0.1, -0.05) is 43.6 Å². The minimum atomic E-state index is -3.43. The van der Waals surface area contributed by atoms with Gasteiger partial charge in [-0.3, -0.25) is 9.52 Å². The second-order valence-corrected chi connectivity index (χ2v) is 7.92. The smallest absolute Gasteiger partial charge is 0.255 e. The minimum absolute atomic E-state index is 0.158. The molecule has 5 nitrogen and oxygen atoms in total. The number of carbonyl (C=O) groups excluding carboxylic acids is 1. The third-order valence-corrected chi connectivity index (χ3v) is 4.26. The Balaban J connectivity index is 2.24. The Morgan fingerprint density at radius 1 is 1.08 bits per heavy atom. The van der Waals surface area contributed by atoms with Crippen LogP contribution in [0.4, 0.5) is 11.4 Å². The van der Waals surface area contributed by atoms with Crippen molar-refractivity contribution < 1.29 is 13.2 Å². The predicted octanol–water partition coefficient (Wildman–Crippen LogP) is 4.09. The van der Waals surface area contributed by atoms with E-state index in [9.17, 15) is 13.2 Å². The van der Waals surface area contributed by atoms with E-state index in [0.717, 1.165) is 17.5 Å². The van der Waals surface area contributed by atoms with Crippen LogP contribution in [-0.2, 0) is 10.0 Å². The molecule has 0 aliphatic carbocycles. The van der Waals surface area contributed by atoms with Crippen molar-refractivity contribution in [1.29, 1.82) is 0 Å². The normalized spacial score (nSPS) is 11.4. The SMILES string of the molecule is CC(C)c1ccccc1NC(=O)c1ccc(NS(C)(=O)=O)c(Cl)c1. The molecule has 2 aromatic rings. The first-order valence-electron chi connectivity index (χ1n) is 7.35. The van der Waals surface area contributed by atoms with E-state index >= 15 is 0 Å². The van der Waals surface area contributed by atoms with Crippen LogP contribution in [0.25, 0.3) is 0 Å². The topological polar surface area (TPSA) is 75.3 Å². The highest BCUT2D eigenvalue weighted by Crippen LogP contribution is 2.26. The number of anilines is 2. The van der Waals surface area contributed by atoms with E-state index in [0.29, 0.717) is 5.56 Å². The second-order valence-electron chi connectivity index (χ2n) is 5.76. The van der Waals surface area contributed by atoms with Crippen LogP contribution in [0.15, 0.2) is 42.5 Å². The molecule has 2 N–H and O–H groups in total. The first kappa shape index (κ1) is 18.3. The molecule has 0 aromatic heterocycles. The minimum Gasteiger partial charge on any atom is -0.322 e. The maximum atomic E-state index is 12.4. The van der Waals surface area contributed by atoms with Gasteiger partial charge in [-0.25, -0.2) is 8.42 Å². The summed E-state index contributed by atoms with van der Waals surface area (Å²) in [6.07, 6.45) is 1.03. The van der Waals surface area contributed by atoms with Crippen LogP contribution in [0.5, 0.6) is 0 Å². The molecule has 0 saturated carbocycles. The van der Waals surface area contributed by atoms with Gasteiger partial charge >= 0.3 is 0 Å². The van der Waals surface area contributed by atoms with Gasteiger partial charge in [-0.2, -0.15) is 0 Å². The molecule has 2 aromatic carbocycles. The lowest BCUT2D eigenvalue weighted by molar-refractivity contribution is 0.102. The van der Waals surface area contributed by atoms with Gasteiger partial charge < -0.3 is 5.32 Å². The van der Waals surface area contributed by atoms with Crippen molar-refractivity contribution in [2.45, 2.75) is 19.8 Å². The highest BCUT2D eigenvalue weighted by molar-refractivity contribution is 7.92. The van der Waals surface area contributed by atoms with Crippen LogP contribution < -0.4 is 10.0 Å². The molecule has 0 spiro atoms. The fraction of sp³-hybridized carbons (Fsp3) is 0.235. The van der Waals surface area contributed by atoms with E-state index in [1.165, 1.54) is 18.2 Å². The highest BCUT2D eigenvalue weighted by Gasteiger charge is 2.13. The lowest BCUT2D eigenvalue weighted by Gasteiger charge is -2.14. The number of sulfonamides is 1. The third-order valence-electron chi connectivity index (χ3n) is 3.36. The molecule has 0 aliphatic rings. The van der Waals surface area contributed by atoms with Crippen LogP contribution in [0, 0.1) is 0 Å². The Labute approximate surface area is 147 Å². The maximum Gasteiger partial charge on any atom is 0.255 e. The Bertz CT molecular complexity index is 864. The standard InChI is InChI=1S/C17H19ClN2O3S/c1-11(2)13-6-4-5-7-15(13)19-17(21)12-8-9-16(14(18)10-12)20-24(3,22)23/h4-11,20H,1-3H3,(H,19,21). The first-order valence-corrected chi connectivity index (χ1v) is 9.62. The van der Waals surface area contributed by atoms with Crippen LogP contribution >= 0.6 is 11.6 Å². The fourth-order valence-electron chi connectivity index (χ4n) is 2.25. The van der Waals surface area contributed by atoms with Gasteiger partial charge in [0.2, 0.25) is 10.0 Å². The summed E-state index contributed by atoms with van der Waals surface area (Å²) < 4.78 is 24.8. The summed E-state index contributed by atoms with van der Waals surface area (Å²) >= 11 is 6.06. The van der Waals surface area contributed by atoms with Crippen LogP contribution in [0.2, 0.25) is 5.02 Å². The van der Waals surface area contributed by atoms with E-state index in [1.807, 2.05) is 38.1 Å². The number of amides is 1. The zero-order valence-corrected chi connectivity index (χ0v) is 15.2. The number of hydrogen-bond donors (Lipinski definition) is 2. The molecule has 0 atom stereocenters. The summed E-state index contributed by atoms with van der Waals surface area (Å²) in [4.78, 5) is 12.4. The Kier molecular flexibility index (Phi) is 5.51. The molecule has 7 heteroatoms. The van der Waals surface area contributed by atoms with Gasteiger partial charge in [0, 0.05) is 11.3 Å². The molecule has 2 rings (SSSR count). The highest BCUT2D eigenvalue weighted by atomic mass is 35.5. The Morgan fingerprint density at radius 2 is 1.75 bits per heavy atom. The fourth-order valence-corrected chi connectivity index (χ4v) is 3.11. The van der Waals surface area contributed by atoms with Crippen LogP contribution in [-0.4, -0.2) is 20.6 Å². The molecule has 1 amide bonds. The Hall–Kier alpha value is -2.05. The summed E-state index contributed by atoms with van der Waals surface area (Å²) in [5, 5.41) is 3.02. The molecule has 0 radical (unpaired) electrons. The maximum absolute atomic E-state index is 12.4. The second kappa shape index (κ2) is 7.23. The lowest BCUT2D eigenvalue weighted by atomic mass is 10.0. The van der Waals surface area contributed by atoms with Crippen molar-refractivity contribution in [3.63, 3.8) is 0 Å². The van der Waals surface area contributed by atoms with Gasteiger partial charge in [-0.05, 0) is 35.7 Å². The summed E-state index contributed by atoms with van der Waals surface area (Å²) in [6.45, 7) is 4.10. The quantitative estimate of drug-likeness (QED) is 0.836. The number of benzene rings is 2. The van der Waals surface area contributed by atoms with Gasteiger partial charge in [0.25, 0.3) is 5.91 Å². The van der Waals surface area contributed by atoms with Crippen molar-refractivity contribution in [1.82, 2.24) is 0 Å². The van der Waals surface area contributed by atoms with Gasteiger partial charge in [0.1, 0.15) is 0 Å². The van der Waals surface area contributed by atoms with Crippen LogP contribution in [0.1, 0.15) is 35.7 Å². The van der Waals surface area contributed by atoms with Crippen molar-refractivity contribution in [2.24, 2.45) is 0 Å². The average molecular weight is 367 g/mol. The summed E-state index contributed by atoms with van der Waals surface area (Å²) in [7, 11) is -3.43. The van der Waals surface area contributed by atoms with Crippen molar-refractivity contribution >= 4 is 38.9 Å². The number of carbonyl (C=O) groups is 1. The molecular formula is C17H19ClN2O3S. The summed E-state index contributed by atoms with van der Waals surface area (Å²) in [5.41, 5.74) is 2.36. The molecular weight excluding hydrogens is 348 g/mol. The monoisotopic (exact) mass is 366 g/mol. The lowest BCUT2D eigenvalue weighted by Crippen LogP contribution is -2.14. The van der Waals surface area contributed by atoms with E-state index in [1.54, 1.807) is 0 Å². The van der Waals surface area contributed by atoms with E-state index in [2.05, 4.69) is 10.0 Å². The molecule has 0 fully saturated rings. The molecule has 0 heterocycles. The zero-order valence-electron chi connectivity index (χ0n) is 13.6. The van der Waals surface area contributed by atoms with Gasteiger partial charge in [0.05, 0.1) is 17.0 Å². The number of hydrogen-bond acceptors (Lipinski definition) is 3. The average Bonchev–Trinajstić information content (AvgIpc) is 2.48. The molecule has 0 saturated heterocycles. The van der Waals surface area contributed by atoms with E-state index in [-0.39, 0.29) is 22.5 Å². The van der Waals surface area contributed by atoms with Crippen molar-refractivity contribution in [3.8, 4) is 0 Å². The molecule has 0 unspecified atom stereocenters. The van der Waals surface area contributed by atoms with Crippen LogP contribution in [0.3, 0.4) is 0 Å². The molecule has 0 aliphatic heterocycles. The van der Waals surface area contributed by atoms with Gasteiger partial charge in [0.15, 0.2) is 0 Å². The molecule has 0 bridgehead atoms. The number of halogens is 1. The van der Waals surface area contributed by atoms with Crippen molar-refractivity contribution in [2.75, 3.05) is 16.3 Å². The summed E-state index contributed by atoms with van der Waals surface area (Å²) in [5.74, 6) is -0.0395.